The van der Waals surface area contributed by atoms with Crippen molar-refractivity contribution in [1.82, 2.24) is 5.43 Å². The number of nitrogens with zero attached hydrogens (tertiary/aromatic N) is 2. The number of rotatable bonds is 9. The number of alkyl halides is 3. The number of methoxy groups -OCH3 is 2. The molecule has 196 valence electrons. The summed E-state index contributed by atoms with van der Waals surface area (Å²) in [7, 11) is -1.58. The Labute approximate surface area is 216 Å². The quantitative estimate of drug-likeness (QED) is 0.304. The molecule has 0 saturated carbocycles. The highest BCUT2D eigenvalue weighted by Gasteiger charge is 2.35. The molecule has 0 bridgehead atoms. The fraction of sp³-hybridized carbons (Fsp3) is 0.167. The van der Waals surface area contributed by atoms with Gasteiger partial charge in [-0.25, -0.2) is 13.8 Å². The summed E-state index contributed by atoms with van der Waals surface area (Å²) in [4.78, 5) is 12.5. The van der Waals surface area contributed by atoms with Crippen molar-refractivity contribution >= 4 is 39.4 Å². The zero-order chi connectivity index (χ0) is 27.2. The van der Waals surface area contributed by atoms with Gasteiger partial charge in [0.15, 0.2) is 11.5 Å². The first-order chi connectivity index (χ1) is 17.5. The van der Waals surface area contributed by atoms with Crippen LogP contribution in [0.5, 0.6) is 11.5 Å². The molecule has 0 aromatic heterocycles. The Bertz CT molecular complexity index is 1400. The number of hydrazone groups is 1. The van der Waals surface area contributed by atoms with Crippen LogP contribution in [0.4, 0.5) is 18.9 Å². The highest BCUT2D eigenvalue weighted by molar-refractivity contribution is 7.92. The van der Waals surface area contributed by atoms with Gasteiger partial charge in [-0.3, -0.25) is 9.10 Å². The Morgan fingerprint density at radius 3 is 2.38 bits per heavy atom. The third-order valence-electron chi connectivity index (χ3n) is 4.99. The van der Waals surface area contributed by atoms with Crippen molar-refractivity contribution in [2.75, 3.05) is 25.1 Å². The molecule has 0 aliphatic rings. The predicted octanol–water partition coefficient (Wildman–Crippen LogP) is 4.72. The number of carbonyl (C=O) groups is 1. The van der Waals surface area contributed by atoms with Gasteiger partial charge in [0.2, 0.25) is 0 Å². The summed E-state index contributed by atoms with van der Waals surface area (Å²) >= 11 is 5.69. The van der Waals surface area contributed by atoms with Crippen molar-refractivity contribution < 1.29 is 35.9 Å². The molecule has 0 aliphatic carbocycles. The van der Waals surface area contributed by atoms with Crippen LogP contribution in [-0.2, 0) is 21.0 Å². The normalized spacial score (nSPS) is 11.8. The van der Waals surface area contributed by atoms with E-state index in [1.165, 1.54) is 44.7 Å². The largest absolute Gasteiger partial charge is 0.493 e. The lowest BCUT2D eigenvalue weighted by Crippen LogP contribution is -2.39. The van der Waals surface area contributed by atoms with Gasteiger partial charge in [-0.2, -0.15) is 18.3 Å². The van der Waals surface area contributed by atoms with Gasteiger partial charge in [-0.15, -0.1) is 0 Å². The number of sulfonamides is 1. The highest BCUT2D eigenvalue weighted by Crippen LogP contribution is 2.38. The number of halogens is 4. The van der Waals surface area contributed by atoms with Gasteiger partial charge >= 0.3 is 6.18 Å². The Hall–Kier alpha value is -3.77. The molecule has 0 spiro atoms. The van der Waals surface area contributed by atoms with Crippen LogP contribution in [0.2, 0.25) is 5.02 Å². The highest BCUT2D eigenvalue weighted by atomic mass is 35.5. The number of para-hydroxylation sites is 1. The van der Waals surface area contributed by atoms with Crippen molar-refractivity contribution in [1.29, 1.82) is 0 Å². The van der Waals surface area contributed by atoms with E-state index in [-0.39, 0.29) is 4.90 Å². The Kier molecular flexibility index (Phi) is 8.66. The van der Waals surface area contributed by atoms with Crippen molar-refractivity contribution in [3.8, 4) is 11.5 Å². The number of ether oxygens (including phenoxy) is 2. The predicted molar refractivity (Wildman–Crippen MR) is 133 cm³/mol. The van der Waals surface area contributed by atoms with Gasteiger partial charge in [-0.1, -0.05) is 35.9 Å². The van der Waals surface area contributed by atoms with E-state index in [9.17, 15) is 26.4 Å². The zero-order valence-electron chi connectivity index (χ0n) is 19.5. The molecule has 8 nitrogen and oxygen atoms in total. The van der Waals surface area contributed by atoms with E-state index in [2.05, 4.69) is 10.5 Å². The molecule has 0 saturated heterocycles. The molecule has 0 fully saturated rings. The Morgan fingerprint density at radius 1 is 1.05 bits per heavy atom. The average Bonchev–Trinajstić information content (AvgIpc) is 2.87. The number of carbonyl (C=O) groups excluding carboxylic acids is 1. The van der Waals surface area contributed by atoms with Gasteiger partial charge in [0.25, 0.3) is 15.9 Å². The van der Waals surface area contributed by atoms with Gasteiger partial charge < -0.3 is 9.47 Å². The number of nitrogens with one attached hydrogen (secondary N) is 1. The van der Waals surface area contributed by atoms with Crippen molar-refractivity contribution in [3.63, 3.8) is 0 Å². The number of benzene rings is 3. The molecule has 0 heterocycles. The lowest BCUT2D eigenvalue weighted by atomic mass is 10.2. The van der Waals surface area contributed by atoms with Crippen LogP contribution >= 0.6 is 11.6 Å². The molecule has 3 rings (SSSR count). The Morgan fingerprint density at radius 2 is 1.76 bits per heavy atom. The fourth-order valence-corrected chi connectivity index (χ4v) is 4.93. The molecule has 0 radical (unpaired) electrons. The van der Waals surface area contributed by atoms with Crippen molar-refractivity contribution in [3.05, 3.63) is 82.9 Å². The zero-order valence-corrected chi connectivity index (χ0v) is 21.1. The van der Waals surface area contributed by atoms with Gasteiger partial charge in [0.05, 0.1) is 41.6 Å². The van der Waals surface area contributed by atoms with E-state index in [4.69, 9.17) is 21.1 Å². The molecule has 0 aliphatic heterocycles. The summed E-state index contributed by atoms with van der Waals surface area (Å²) in [6, 6.07) is 14.5. The first-order valence-electron chi connectivity index (χ1n) is 10.5. The van der Waals surface area contributed by atoms with Gasteiger partial charge in [0, 0.05) is 5.56 Å². The van der Waals surface area contributed by atoms with Crippen LogP contribution in [0.15, 0.2) is 76.7 Å². The first kappa shape index (κ1) is 27.8. The topological polar surface area (TPSA) is 97.3 Å². The van der Waals surface area contributed by atoms with Gasteiger partial charge in [-0.05, 0) is 42.5 Å². The summed E-state index contributed by atoms with van der Waals surface area (Å²) in [5.74, 6) is -0.153. The standard InChI is InChI=1S/C24H21ClF3N3O5S/c1-35-21-10-6-7-16(23(21)36-2)14-29-30-22(32)15-31(37(33,34)18-8-4-3-5-9-18)17-11-12-20(25)19(13-17)24(26,27)28/h3-14H,15H2,1-2H3,(H,30,32)/b29-14-. The van der Waals surface area contributed by atoms with Crippen LogP contribution in [0, 0.1) is 0 Å². The van der Waals surface area contributed by atoms with E-state index in [0.29, 0.717) is 27.4 Å². The average molecular weight is 556 g/mol. The van der Waals surface area contributed by atoms with Crippen LogP contribution in [0.25, 0.3) is 0 Å². The second-order valence-electron chi connectivity index (χ2n) is 7.36. The molecule has 1 N–H and O–H groups in total. The maximum absolute atomic E-state index is 13.4. The molecule has 3 aromatic carbocycles. The summed E-state index contributed by atoms with van der Waals surface area (Å²) in [6.07, 6.45) is -3.60. The van der Waals surface area contributed by atoms with Crippen LogP contribution in [0.1, 0.15) is 11.1 Å². The molecule has 13 heteroatoms. The summed E-state index contributed by atoms with van der Waals surface area (Å²) in [5.41, 5.74) is 0.972. The maximum Gasteiger partial charge on any atom is 0.417 e. The first-order valence-corrected chi connectivity index (χ1v) is 12.3. The van der Waals surface area contributed by atoms with E-state index in [1.807, 2.05) is 0 Å². The second-order valence-corrected chi connectivity index (χ2v) is 9.63. The van der Waals surface area contributed by atoms with Crippen LogP contribution in [0.3, 0.4) is 0 Å². The molecular weight excluding hydrogens is 535 g/mol. The number of amides is 1. The summed E-state index contributed by atoms with van der Waals surface area (Å²) in [5, 5.41) is 3.20. The molecule has 37 heavy (non-hydrogen) atoms. The SMILES string of the molecule is COc1cccc(/C=N\NC(=O)CN(c2ccc(Cl)c(C(F)(F)F)c2)S(=O)(=O)c2ccccc2)c1OC. The van der Waals surface area contributed by atoms with Crippen LogP contribution in [-0.4, -0.2) is 41.3 Å². The minimum atomic E-state index is -4.85. The van der Waals surface area contributed by atoms with Crippen LogP contribution < -0.4 is 19.2 Å². The number of anilines is 1. The molecule has 1 amide bonds. The summed E-state index contributed by atoms with van der Waals surface area (Å²) in [6.45, 7) is -0.872. The smallest absolute Gasteiger partial charge is 0.417 e. The van der Waals surface area contributed by atoms with Crippen molar-refractivity contribution in [2.45, 2.75) is 11.1 Å². The Balaban J connectivity index is 1.94. The lowest BCUT2D eigenvalue weighted by Gasteiger charge is -2.24. The molecule has 0 unspecified atom stereocenters. The third kappa shape index (κ3) is 6.52. The third-order valence-corrected chi connectivity index (χ3v) is 7.11. The van der Waals surface area contributed by atoms with E-state index in [0.717, 1.165) is 12.1 Å². The monoisotopic (exact) mass is 555 g/mol. The maximum atomic E-state index is 13.4. The minimum Gasteiger partial charge on any atom is -0.493 e. The van der Waals surface area contributed by atoms with E-state index >= 15 is 0 Å². The minimum absolute atomic E-state index is 0.226. The van der Waals surface area contributed by atoms with Gasteiger partial charge in [0.1, 0.15) is 6.54 Å². The van der Waals surface area contributed by atoms with Crippen molar-refractivity contribution in [2.24, 2.45) is 5.10 Å². The lowest BCUT2D eigenvalue weighted by molar-refractivity contribution is -0.137. The molecule has 0 atom stereocenters. The molecular formula is C24H21ClF3N3O5S. The number of hydrogen-bond donors (Lipinski definition) is 1. The summed E-state index contributed by atoms with van der Waals surface area (Å²) < 4.78 is 78.0. The number of hydrogen-bond acceptors (Lipinski definition) is 6. The second kappa shape index (κ2) is 11.5. The fourth-order valence-electron chi connectivity index (χ4n) is 3.27. The molecule has 3 aromatic rings. The van der Waals surface area contributed by atoms with E-state index in [1.54, 1.807) is 24.3 Å². The van der Waals surface area contributed by atoms with E-state index < -0.39 is 44.9 Å².